The molecule has 0 saturated carbocycles. The number of ether oxygens (including phenoxy) is 3. The minimum atomic E-state index is -0.790. The van der Waals surface area contributed by atoms with Crippen molar-refractivity contribution in [3.8, 4) is 0 Å². The van der Waals surface area contributed by atoms with Crippen molar-refractivity contribution in [1.82, 2.24) is 0 Å². The number of rotatable bonds is 58. The van der Waals surface area contributed by atoms with Gasteiger partial charge in [-0.2, -0.15) is 0 Å². The van der Waals surface area contributed by atoms with E-state index in [1.807, 2.05) is 0 Å². The van der Waals surface area contributed by atoms with Crippen LogP contribution in [-0.2, 0) is 28.6 Å². The Labute approximate surface area is 470 Å². The molecule has 6 nitrogen and oxygen atoms in total. The Morgan fingerprint density at radius 3 is 0.842 bits per heavy atom. The van der Waals surface area contributed by atoms with Gasteiger partial charge in [0.05, 0.1) is 0 Å². The normalized spacial score (nSPS) is 12.7. The fourth-order valence-electron chi connectivity index (χ4n) is 8.97. The lowest BCUT2D eigenvalue weighted by Crippen LogP contribution is -2.30. The first-order chi connectivity index (χ1) is 37.5. The Bertz CT molecular complexity index is 1490. The van der Waals surface area contributed by atoms with E-state index in [0.717, 1.165) is 116 Å². The number of hydrogen-bond donors (Lipinski definition) is 0. The summed E-state index contributed by atoms with van der Waals surface area (Å²) in [5.41, 5.74) is 0. The summed E-state index contributed by atoms with van der Waals surface area (Å²) in [4.78, 5) is 38.3. The second-order valence-electron chi connectivity index (χ2n) is 21.3. The van der Waals surface area contributed by atoms with Crippen LogP contribution < -0.4 is 0 Å². The quantitative estimate of drug-likeness (QED) is 0.0261. The largest absolute Gasteiger partial charge is 0.462 e. The Hall–Kier alpha value is -3.67. The number of hydrogen-bond acceptors (Lipinski definition) is 6. The standard InChI is InChI=1S/C70H120O6/c1-4-7-10-13-16-19-22-25-28-30-32-33-34-35-36-37-39-40-42-45-48-51-54-57-60-63-69(72)75-66-67(65-74-68(71)62-59-56-53-50-47-44-27-24-21-18-15-12-9-6-3)76-70(73)64-61-58-55-52-49-46-43-41-38-31-29-26-23-20-17-14-11-8-5-2/h7,10,16-17,19-20,24-29,32-33,38,41,67H,4-6,8-9,11-15,18,21-23,30-31,34-37,39-40,42-66H2,1-3H3/b10-7-,19-16-,20-17-,27-24-,28-25-,29-26-,33-32-,41-38-. The molecule has 0 radical (unpaired) electrons. The zero-order valence-electron chi connectivity index (χ0n) is 50.0. The van der Waals surface area contributed by atoms with Crippen molar-refractivity contribution < 1.29 is 28.6 Å². The molecule has 0 fully saturated rings. The molecule has 0 heterocycles. The molecule has 0 aliphatic carbocycles. The Balaban J connectivity index is 4.35. The van der Waals surface area contributed by atoms with Gasteiger partial charge in [-0.15, -0.1) is 0 Å². The van der Waals surface area contributed by atoms with Crippen LogP contribution in [0.5, 0.6) is 0 Å². The lowest BCUT2D eigenvalue weighted by Gasteiger charge is -2.18. The monoisotopic (exact) mass is 1060 g/mol. The molecule has 6 heteroatoms. The molecule has 0 aromatic heterocycles. The lowest BCUT2D eigenvalue weighted by atomic mass is 10.0. The third kappa shape index (κ3) is 61.2. The van der Waals surface area contributed by atoms with E-state index in [1.54, 1.807) is 0 Å². The van der Waals surface area contributed by atoms with E-state index in [-0.39, 0.29) is 31.1 Å². The second-order valence-corrected chi connectivity index (χ2v) is 21.3. The second kappa shape index (κ2) is 63.9. The van der Waals surface area contributed by atoms with E-state index in [2.05, 4.69) is 118 Å². The van der Waals surface area contributed by atoms with Gasteiger partial charge in [-0.3, -0.25) is 14.4 Å². The molecule has 0 N–H and O–H groups in total. The summed E-state index contributed by atoms with van der Waals surface area (Å²) < 4.78 is 16.9. The average molecular weight is 1060 g/mol. The number of esters is 3. The van der Waals surface area contributed by atoms with Crippen molar-refractivity contribution in [2.45, 2.75) is 316 Å². The number of allylic oxidation sites excluding steroid dienone is 16. The van der Waals surface area contributed by atoms with Crippen LogP contribution in [0.15, 0.2) is 97.2 Å². The van der Waals surface area contributed by atoms with Gasteiger partial charge < -0.3 is 14.2 Å². The summed E-state index contributed by atoms with van der Waals surface area (Å²) in [6.07, 6.45) is 85.5. The predicted molar refractivity (Wildman–Crippen MR) is 330 cm³/mol. The van der Waals surface area contributed by atoms with Crippen LogP contribution in [0.3, 0.4) is 0 Å². The van der Waals surface area contributed by atoms with Crippen LogP contribution in [0.2, 0.25) is 0 Å². The van der Waals surface area contributed by atoms with Crippen molar-refractivity contribution in [2.75, 3.05) is 13.2 Å². The molecule has 0 aliphatic rings. The minimum absolute atomic E-state index is 0.0856. The van der Waals surface area contributed by atoms with Crippen LogP contribution in [0, 0.1) is 0 Å². The Morgan fingerprint density at radius 1 is 0.276 bits per heavy atom. The summed E-state index contributed by atoms with van der Waals surface area (Å²) in [7, 11) is 0. The van der Waals surface area contributed by atoms with Crippen molar-refractivity contribution in [3.05, 3.63) is 97.2 Å². The van der Waals surface area contributed by atoms with E-state index >= 15 is 0 Å². The van der Waals surface area contributed by atoms with Gasteiger partial charge in [0, 0.05) is 19.3 Å². The Kier molecular flexibility index (Phi) is 60.8. The summed E-state index contributed by atoms with van der Waals surface area (Å²) >= 11 is 0. The molecular weight excluding hydrogens is 937 g/mol. The fraction of sp³-hybridized carbons (Fsp3) is 0.729. The van der Waals surface area contributed by atoms with Gasteiger partial charge >= 0.3 is 17.9 Å². The van der Waals surface area contributed by atoms with E-state index in [1.165, 1.54) is 154 Å². The van der Waals surface area contributed by atoms with Crippen molar-refractivity contribution in [2.24, 2.45) is 0 Å². The van der Waals surface area contributed by atoms with E-state index in [0.29, 0.717) is 19.3 Å². The molecule has 0 rings (SSSR count). The lowest BCUT2D eigenvalue weighted by molar-refractivity contribution is -0.167. The van der Waals surface area contributed by atoms with Gasteiger partial charge in [-0.05, 0) is 122 Å². The fourth-order valence-corrected chi connectivity index (χ4v) is 8.97. The zero-order valence-corrected chi connectivity index (χ0v) is 50.0. The summed E-state index contributed by atoms with van der Waals surface area (Å²) in [6, 6.07) is 0. The molecule has 0 aliphatic heterocycles. The van der Waals surface area contributed by atoms with Crippen LogP contribution in [0.4, 0.5) is 0 Å². The number of carbonyl (C=O) groups excluding carboxylic acids is 3. The minimum Gasteiger partial charge on any atom is -0.462 e. The SMILES string of the molecule is CC/C=C\C/C=C\C/C=C\C/C=C\CCCCCCCCCCCCCCC(=O)OCC(COC(=O)CCCCCCC/C=C\CCCCCCC)OC(=O)CCCCCCCC/C=C\C/C=C\C/C=C\CCCCC. The summed E-state index contributed by atoms with van der Waals surface area (Å²) in [5.74, 6) is -0.899. The van der Waals surface area contributed by atoms with Gasteiger partial charge in [0.2, 0.25) is 0 Å². The first kappa shape index (κ1) is 72.3. The van der Waals surface area contributed by atoms with Crippen molar-refractivity contribution in [1.29, 1.82) is 0 Å². The molecule has 0 bridgehead atoms. The van der Waals surface area contributed by atoms with Gasteiger partial charge in [-0.1, -0.05) is 266 Å². The summed E-state index contributed by atoms with van der Waals surface area (Å²) in [5, 5.41) is 0. The molecule has 0 amide bonds. The van der Waals surface area contributed by atoms with Gasteiger partial charge in [0.1, 0.15) is 13.2 Å². The zero-order chi connectivity index (χ0) is 55.0. The third-order valence-corrected chi connectivity index (χ3v) is 13.8. The topological polar surface area (TPSA) is 78.9 Å². The smallest absolute Gasteiger partial charge is 0.306 e. The Morgan fingerprint density at radius 2 is 0.513 bits per heavy atom. The highest BCUT2D eigenvalue weighted by molar-refractivity contribution is 5.71. The maximum atomic E-state index is 12.9. The van der Waals surface area contributed by atoms with Gasteiger partial charge in [0.25, 0.3) is 0 Å². The maximum Gasteiger partial charge on any atom is 0.306 e. The summed E-state index contributed by atoms with van der Waals surface area (Å²) in [6.45, 7) is 6.50. The van der Waals surface area contributed by atoms with E-state index < -0.39 is 6.10 Å². The first-order valence-corrected chi connectivity index (χ1v) is 32.2. The highest BCUT2D eigenvalue weighted by Gasteiger charge is 2.19. The molecule has 0 saturated heterocycles. The first-order valence-electron chi connectivity index (χ1n) is 32.2. The molecule has 0 spiro atoms. The third-order valence-electron chi connectivity index (χ3n) is 13.8. The molecule has 436 valence electrons. The van der Waals surface area contributed by atoms with Gasteiger partial charge in [0.15, 0.2) is 6.10 Å². The number of carbonyl (C=O) groups is 3. The van der Waals surface area contributed by atoms with Crippen LogP contribution in [-0.4, -0.2) is 37.2 Å². The molecule has 1 atom stereocenters. The van der Waals surface area contributed by atoms with E-state index in [4.69, 9.17) is 14.2 Å². The van der Waals surface area contributed by atoms with Crippen LogP contribution in [0.1, 0.15) is 310 Å². The maximum absolute atomic E-state index is 12.9. The molecule has 76 heavy (non-hydrogen) atoms. The number of unbranched alkanes of at least 4 members (excludes halogenated alkanes) is 31. The predicted octanol–water partition coefficient (Wildman–Crippen LogP) is 22.0. The highest BCUT2D eigenvalue weighted by atomic mass is 16.6. The molecule has 0 aromatic rings. The van der Waals surface area contributed by atoms with Crippen molar-refractivity contribution >= 4 is 17.9 Å². The van der Waals surface area contributed by atoms with Crippen LogP contribution in [0.25, 0.3) is 0 Å². The highest BCUT2D eigenvalue weighted by Crippen LogP contribution is 2.16. The van der Waals surface area contributed by atoms with Crippen LogP contribution >= 0.6 is 0 Å². The average Bonchev–Trinajstić information content (AvgIpc) is 3.42. The molecular formula is C70H120O6. The molecule has 0 aromatic carbocycles. The van der Waals surface area contributed by atoms with Gasteiger partial charge in [-0.25, -0.2) is 0 Å². The van der Waals surface area contributed by atoms with E-state index in [9.17, 15) is 14.4 Å². The van der Waals surface area contributed by atoms with Crippen molar-refractivity contribution in [3.63, 3.8) is 0 Å². The molecule has 1 unspecified atom stereocenters.